The predicted octanol–water partition coefficient (Wildman–Crippen LogP) is 1.67. The van der Waals surface area contributed by atoms with Crippen molar-refractivity contribution in [2.45, 2.75) is 38.4 Å². The van der Waals surface area contributed by atoms with Crippen molar-refractivity contribution in [2.24, 2.45) is 0 Å². The van der Waals surface area contributed by atoms with Crippen molar-refractivity contribution in [2.75, 3.05) is 12.3 Å². The molecular weight excluding hydrogens is 295 g/mol. The van der Waals surface area contributed by atoms with Crippen molar-refractivity contribution in [1.82, 2.24) is 15.1 Å². The van der Waals surface area contributed by atoms with Gasteiger partial charge in [0.05, 0.1) is 18.0 Å². The van der Waals surface area contributed by atoms with Gasteiger partial charge in [-0.15, -0.1) is 0 Å². The molecule has 0 spiro atoms. The van der Waals surface area contributed by atoms with Gasteiger partial charge in [-0.05, 0) is 26.3 Å². The fourth-order valence-electron chi connectivity index (χ4n) is 1.59. The standard InChI is InChI=1S/C11H18F3N3O2S/c1-8-6-16-17(7-8)10(3)9(2)15-4-5-20(18,19)11(12,13)14/h6-7,9-10,15H,4-5H2,1-3H3. The number of nitrogens with one attached hydrogen (secondary N) is 1. The summed E-state index contributed by atoms with van der Waals surface area (Å²) in [5.41, 5.74) is -4.22. The van der Waals surface area contributed by atoms with Crippen molar-refractivity contribution < 1.29 is 21.6 Å². The average molecular weight is 313 g/mol. The molecule has 0 aromatic carbocycles. The highest BCUT2D eigenvalue weighted by Gasteiger charge is 2.44. The Hall–Kier alpha value is -1.09. The Balaban J connectivity index is 2.50. The Kier molecular flexibility index (Phi) is 5.20. The summed E-state index contributed by atoms with van der Waals surface area (Å²) < 4.78 is 59.9. The van der Waals surface area contributed by atoms with Gasteiger partial charge in [0.15, 0.2) is 0 Å². The van der Waals surface area contributed by atoms with Gasteiger partial charge in [-0.3, -0.25) is 4.68 Å². The van der Waals surface area contributed by atoms with Crippen LogP contribution in [0.25, 0.3) is 0 Å². The number of rotatable bonds is 6. The molecule has 2 atom stereocenters. The summed E-state index contributed by atoms with van der Waals surface area (Å²) in [4.78, 5) is 0. The summed E-state index contributed by atoms with van der Waals surface area (Å²) in [5, 5.41) is 6.89. The first kappa shape index (κ1) is 17.0. The highest BCUT2D eigenvalue weighted by atomic mass is 32.2. The van der Waals surface area contributed by atoms with E-state index in [4.69, 9.17) is 0 Å². The fraction of sp³-hybridized carbons (Fsp3) is 0.727. The SMILES string of the molecule is Cc1cnn(C(C)C(C)NCCS(=O)(=O)C(F)(F)F)c1. The molecule has 0 aliphatic carbocycles. The summed E-state index contributed by atoms with van der Waals surface area (Å²) in [5.74, 6) is -0.967. The van der Waals surface area contributed by atoms with E-state index >= 15 is 0 Å². The highest BCUT2D eigenvalue weighted by Crippen LogP contribution is 2.23. The zero-order valence-electron chi connectivity index (χ0n) is 11.5. The number of hydrogen-bond acceptors (Lipinski definition) is 4. The lowest BCUT2D eigenvalue weighted by molar-refractivity contribution is -0.0435. The van der Waals surface area contributed by atoms with Crippen molar-refractivity contribution in [3.05, 3.63) is 18.0 Å². The molecule has 0 aliphatic heterocycles. The molecule has 0 bridgehead atoms. The molecule has 20 heavy (non-hydrogen) atoms. The quantitative estimate of drug-likeness (QED) is 0.867. The summed E-state index contributed by atoms with van der Waals surface area (Å²) in [6.07, 6.45) is 3.49. The molecule has 0 radical (unpaired) electrons. The molecule has 2 unspecified atom stereocenters. The number of aromatic nitrogens is 2. The van der Waals surface area contributed by atoms with Crippen LogP contribution in [-0.2, 0) is 9.84 Å². The van der Waals surface area contributed by atoms with Crippen molar-refractivity contribution in [3.8, 4) is 0 Å². The first-order valence-electron chi connectivity index (χ1n) is 6.08. The molecule has 0 fully saturated rings. The van der Waals surface area contributed by atoms with Gasteiger partial charge in [0.25, 0.3) is 0 Å². The molecule has 0 saturated carbocycles. The lowest BCUT2D eigenvalue weighted by atomic mass is 10.2. The van der Waals surface area contributed by atoms with E-state index in [9.17, 15) is 21.6 Å². The lowest BCUT2D eigenvalue weighted by Crippen LogP contribution is -2.39. The van der Waals surface area contributed by atoms with Crippen LogP contribution in [0.1, 0.15) is 25.5 Å². The maximum absolute atomic E-state index is 12.2. The number of halogens is 3. The summed E-state index contributed by atoms with van der Waals surface area (Å²) in [7, 11) is -5.06. The van der Waals surface area contributed by atoms with E-state index in [1.54, 1.807) is 17.8 Å². The van der Waals surface area contributed by atoms with E-state index in [1.807, 2.05) is 20.0 Å². The van der Waals surface area contributed by atoms with E-state index in [0.29, 0.717) is 0 Å². The Morgan fingerprint density at radius 2 is 2.00 bits per heavy atom. The number of alkyl halides is 3. The van der Waals surface area contributed by atoms with Gasteiger partial charge in [0.1, 0.15) is 0 Å². The Labute approximate surface area is 116 Å². The van der Waals surface area contributed by atoms with E-state index in [2.05, 4.69) is 10.4 Å². The molecule has 116 valence electrons. The van der Waals surface area contributed by atoms with Crippen LogP contribution >= 0.6 is 0 Å². The summed E-state index contributed by atoms with van der Waals surface area (Å²) in [6.45, 7) is 5.24. The van der Waals surface area contributed by atoms with Crippen LogP contribution in [0, 0.1) is 6.92 Å². The lowest BCUT2D eigenvalue weighted by Gasteiger charge is -2.22. The Morgan fingerprint density at radius 1 is 1.40 bits per heavy atom. The normalized spacial score (nSPS) is 16.1. The number of hydrogen-bond donors (Lipinski definition) is 1. The van der Waals surface area contributed by atoms with Gasteiger partial charge >= 0.3 is 5.51 Å². The van der Waals surface area contributed by atoms with Crippen LogP contribution in [0.5, 0.6) is 0 Å². The molecule has 5 nitrogen and oxygen atoms in total. The van der Waals surface area contributed by atoms with Crippen molar-refractivity contribution >= 4 is 9.84 Å². The predicted molar refractivity (Wildman–Crippen MR) is 69.0 cm³/mol. The zero-order valence-corrected chi connectivity index (χ0v) is 12.3. The summed E-state index contributed by atoms with van der Waals surface area (Å²) >= 11 is 0. The van der Waals surface area contributed by atoms with Gasteiger partial charge in [-0.25, -0.2) is 8.42 Å². The van der Waals surface area contributed by atoms with Crippen molar-refractivity contribution in [3.63, 3.8) is 0 Å². The van der Waals surface area contributed by atoms with E-state index in [0.717, 1.165) is 5.56 Å². The molecule has 1 aromatic rings. The second kappa shape index (κ2) is 6.13. The molecular formula is C11H18F3N3O2S. The van der Waals surface area contributed by atoms with Crippen LogP contribution in [0.2, 0.25) is 0 Å². The Bertz CT molecular complexity index is 539. The van der Waals surface area contributed by atoms with Gasteiger partial charge in [0, 0.05) is 18.8 Å². The largest absolute Gasteiger partial charge is 0.497 e. The van der Waals surface area contributed by atoms with Gasteiger partial charge < -0.3 is 5.32 Å². The maximum Gasteiger partial charge on any atom is 0.497 e. The highest BCUT2D eigenvalue weighted by molar-refractivity contribution is 7.92. The third-order valence-electron chi connectivity index (χ3n) is 3.06. The first-order chi connectivity index (χ1) is 9.04. The third-order valence-corrected chi connectivity index (χ3v) is 4.51. The first-order valence-corrected chi connectivity index (χ1v) is 7.73. The Morgan fingerprint density at radius 3 is 2.45 bits per heavy atom. The molecule has 1 aromatic heterocycles. The smallest absolute Gasteiger partial charge is 0.311 e. The van der Waals surface area contributed by atoms with E-state index in [1.165, 1.54) is 0 Å². The van der Waals surface area contributed by atoms with Gasteiger partial charge in [-0.1, -0.05) is 0 Å². The van der Waals surface area contributed by atoms with E-state index < -0.39 is 21.1 Å². The molecule has 1 N–H and O–H groups in total. The fourth-order valence-corrected chi connectivity index (χ4v) is 2.21. The molecule has 0 saturated heterocycles. The summed E-state index contributed by atoms with van der Waals surface area (Å²) in [6, 6.07) is -0.310. The molecule has 0 amide bonds. The number of sulfone groups is 1. The minimum atomic E-state index is -5.19. The topological polar surface area (TPSA) is 64.0 Å². The molecule has 1 heterocycles. The average Bonchev–Trinajstić information content (AvgIpc) is 2.73. The monoisotopic (exact) mass is 313 g/mol. The van der Waals surface area contributed by atoms with E-state index in [-0.39, 0.29) is 18.6 Å². The number of aryl methyl sites for hydroxylation is 1. The van der Waals surface area contributed by atoms with Crippen LogP contribution < -0.4 is 5.32 Å². The third kappa shape index (κ3) is 4.20. The minimum Gasteiger partial charge on any atom is -0.311 e. The second-order valence-corrected chi connectivity index (χ2v) is 6.85. The van der Waals surface area contributed by atoms with Crippen molar-refractivity contribution in [1.29, 1.82) is 0 Å². The molecule has 1 rings (SSSR count). The molecule has 9 heteroatoms. The van der Waals surface area contributed by atoms with Crippen LogP contribution in [0.4, 0.5) is 13.2 Å². The van der Waals surface area contributed by atoms with Crippen LogP contribution in [0.15, 0.2) is 12.4 Å². The van der Waals surface area contributed by atoms with Crippen LogP contribution in [-0.4, -0.2) is 42.0 Å². The maximum atomic E-state index is 12.2. The zero-order chi connectivity index (χ0) is 15.6. The molecule has 0 aliphatic rings. The minimum absolute atomic E-state index is 0.0997. The van der Waals surface area contributed by atoms with Gasteiger partial charge in [-0.2, -0.15) is 18.3 Å². The second-order valence-electron chi connectivity index (χ2n) is 4.75. The van der Waals surface area contributed by atoms with Crippen LogP contribution in [0.3, 0.4) is 0 Å². The van der Waals surface area contributed by atoms with Gasteiger partial charge in [0.2, 0.25) is 9.84 Å². The number of nitrogens with zero attached hydrogens (tertiary/aromatic N) is 2.